The Bertz CT molecular complexity index is 876. The Labute approximate surface area is 144 Å². The van der Waals surface area contributed by atoms with Gasteiger partial charge in [-0.15, -0.1) is 0 Å². The lowest BCUT2D eigenvalue weighted by molar-refractivity contribution is -0.146. The van der Waals surface area contributed by atoms with Crippen molar-refractivity contribution < 1.29 is 14.7 Å². The van der Waals surface area contributed by atoms with E-state index >= 15 is 0 Å². The molecule has 0 aliphatic heterocycles. The molecule has 2 N–H and O–H groups in total. The van der Waals surface area contributed by atoms with E-state index in [4.69, 9.17) is 0 Å². The number of carbonyl (C=O) groups excluding carboxylic acids is 1. The third-order valence-corrected chi connectivity index (χ3v) is 4.99. The second-order valence-electron chi connectivity index (χ2n) is 6.80. The molecule has 1 saturated carbocycles. The van der Waals surface area contributed by atoms with E-state index in [1.807, 2.05) is 6.07 Å². The Hall–Kier alpha value is -2.70. The van der Waals surface area contributed by atoms with Gasteiger partial charge in [-0.3, -0.25) is 14.4 Å². The summed E-state index contributed by atoms with van der Waals surface area (Å²) in [5.74, 6) is -1.92. The number of fused-ring (bicyclic) bond motifs is 1. The SMILES string of the molecule is CC1(NC(=O)Cn2ncc3ccccc3c2=O)CCCCC1C(=O)O. The lowest BCUT2D eigenvalue weighted by Crippen LogP contribution is -2.56. The van der Waals surface area contributed by atoms with Gasteiger partial charge < -0.3 is 10.4 Å². The minimum Gasteiger partial charge on any atom is -0.481 e. The van der Waals surface area contributed by atoms with Gasteiger partial charge in [0.1, 0.15) is 6.54 Å². The van der Waals surface area contributed by atoms with Crippen molar-refractivity contribution in [3.8, 4) is 0 Å². The van der Waals surface area contributed by atoms with Gasteiger partial charge in [0.2, 0.25) is 5.91 Å². The van der Waals surface area contributed by atoms with Crippen molar-refractivity contribution in [2.75, 3.05) is 0 Å². The predicted molar refractivity (Wildman–Crippen MR) is 92.1 cm³/mol. The van der Waals surface area contributed by atoms with Gasteiger partial charge in [0.15, 0.2) is 0 Å². The van der Waals surface area contributed by atoms with E-state index in [0.29, 0.717) is 23.6 Å². The summed E-state index contributed by atoms with van der Waals surface area (Å²) in [6, 6.07) is 7.05. The molecule has 2 atom stereocenters. The quantitative estimate of drug-likeness (QED) is 0.877. The van der Waals surface area contributed by atoms with Gasteiger partial charge in [-0.05, 0) is 25.8 Å². The van der Waals surface area contributed by atoms with E-state index < -0.39 is 23.3 Å². The predicted octanol–water partition coefficient (Wildman–Crippen LogP) is 1.55. The van der Waals surface area contributed by atoms with Crippen LogP contribution in [0.25, 0.3) is 10.8 Å². The highest BCUT2D eigenvalue weighted by Crippen LogP contribution is 2.33. The van der Waals surface area contributed by atoms with Crippen LogP contribution in [0.2, 0.25) is 0 Å². The molecule has 1 aromatic carbocycles. The minimum absolute atomic E-state index is 0.231. The van der Waals surface area contributed by atoms with E-state index in [2.05, 4.69) is 10.4 Å². The number of benzene rings is 1. The number of carbonyl (C=O) groups is 2. The summed E-state index contributed by atoms with van der Waals surface area (Å²) < 4.78 is 1.11. The summed E-state index contributed by atoms with van der Waals surface area (Å²) in [5.41, 5.74) is -1.14. The van der Waals surface area contributed by atoms with Crippen LogP contribution >= 0.6 is 0 Å². The first-order chi connectivity index (χ1) is 11.9. The Morgan fingerprint density at radius 2 is 2.12 bits per heavy atom. The molecule has 0 bridgehead atoms. The van der Waals surface area contributed by atoms with Crippen molar-refractivity contribution in [1.29, 1.82) is 0 Å². The van der Waals surface area contributed by atoms with Gasteiger partial charge in [-0.2, -0.15) is 5.10 Å². The van der Waals surface area contributed by atoms with Crippen LogP contribution in [-0.2, 0) is 16.1 Å². The minimum atomic E-state index is -0.900. The van der Waals surface area contributed by atoms with Crippen LogP contribution in [0, 0.1) is 5.92 Å². The zero-order valence-electron chi connectivity index (χ0n) is 14.1. The smallest absolute Gasteiger partial charge is 0.308 e. The third kappa shape index (κ3) is 3.40. The number of nitrogens with one attached hydrogen (secondary N) is 1. The number of aliphatic carboxylic acids is 1. The Morgan fingerprint density at radius 3 is 2.88 bits per heavy atom. The highest BCUT2D eigenvalue weighted by Gasteiger charge is 2.42. The topological polar surface area (TPSA) is 101 Å². The first kappa shape index (κ1) is 17.1. The first-order valence-electron chi connectivity index (χ1n) is 8.39. The lowest BCUT2D eigenvalue weighted by atomic mass is 9.74. The summed E-state index contributed by atoms with van der Waals surface area (Å²) in [4.78, 5) is 36.4. The van der Waals surface area contributed by atoms with Crippen molar-refractivity contribution in [1.82, 2.24) is 15.1 Å². The van der Waals surface area contributed by atoms with Gasteiger partial charge in [-0.1, -0.05) is 31.0 Å². The molecule has 0 saturated heterocycles. The van der Waals surface area contributed by atoms with Crippen LogP contribution < -0.4 is 10.9 Å². The second-order valence-corrected chi connectivity index (χ2v) is 6.80. The summed E-state index contributed by atoms with van der Waals surface area (Å²) >= 11 is 0. The zero-order valence-corrected chi connectivity index (χ0v) is 14.1. The Balaban J connectivity index is 1.79. The average molecular weight is 343 g/mol. The molecule has 1 aromatic heterocycles. The van der Waals surface area contributed by atoms with E-state index in [1.54, 1.807) is 31.3 Å². The van der Waals surface area contributed by atoms with E-state index in [9.17, 15) is 19.5 Å². The lowest BCUT2D eigenvalue weighted by Gasteiger charge is -2.39. The molecule has 1 aliphatic rings. The van der Waals surface area contributed by atoms with Gasteiger partial charge in [0.05, 0.1) is 23.0 Å². The Morgan fingerprint density at radius 1 is 1.36 bits per heavy atom. The van der Waals surface area contributed by atoms with Gasteiger partial charge in [0.25, 0.3) is 5.56 Å². The molecule has 1 amide bonds. The molecular formula is C18H21N3O4. The number of rotatable bonds is 4. The fourth-order valence-corrected chi connectivity index (χ4v) is 3.61. The number of aromatic nitrogens is 2. The van der Waals surface area contributed by atoms with Gasteiger partial charge in [-0.25, -0.2) is 4.68 Å². The summed E-state index contributed by atoms with van der Waals surface area (Å²) in [5, 5.41) is 17.5. The van der Waals surface area contributed by atoms with Crippen molar-refractivity contribution in [2.45, 2.75) is 44.7 Å². The molecule has 0 spiro atoms. The van der Waals surface area contributed by atoms with Crippen LogP contribution in [0.1, 0.15) is 32.6 Å². The standard InChI is InChI=1S/C18H21N3O4/c1-18(9-5-4-8-14(18)17(24)25)20-15(22)11-21-16(23)13-7-3-2-6-12(13)10-19-21/h2-3,6-7,10,14H,4-5,8-9,11H2,1H3,(H,20,22)(H,24,25). The maximum Gasteiger partial charge on any atom is 0.308 e. The highest BCUT2D eigenvalue weighted by molar-refractivity contribution is 5.82. The Kier molecular flexibility index (Phi) is 4.57. The van der Waals surface area contributed by atoms with Crippen LogP contribution in [0.4, 0.5) is 0 Å². The molecule has 2 aromatic rings. The molecule has 2 unspecified atom stereocenters. The molecule has 1 fully saturated rings. The monoisotopic (exact) mass is 343 g/mol. The number of carboxylic acids is 1. The van der Waals surface area contributed by atoms with E-state index in [1.165, 1.54) is 0 Å². The molecule has 7 nitrogen and oxygen atoms in total. The molecule has 1 heterocycles. The number of hydrogen-bond acceptors (Lipinski definition) is 4. The molecule has 1 aliphatic carbocycles. The van der Waals surface area contributed by atoms with Crippen LogP contribution in [0.15, 0.2) is 35.3 Å². The first-order valence-corrected chi connectivity index (χ1v) is 8.39. The van der Waals surface area contributed by atoms with Gasteiger partial charge in [0, 0.05) is 5.39 Å². The van der Waals surface area contributed by atoms with Crippen LogP contribution in [-0.4, -0.2) is 32.3 Å². The highest BCUT2D eigenvalue weighted by atomic mass is 16.4. The second kappa shape index (κ2) is 6.66. The average Bonchev–Trinajstić information content (AvgIpc) is 2.57. The number of nitrogens with zero attached hydrogens (tertiary/aromatic N) is 2. The fraction of sp³-hybridized carbons (Fsp3) is 0.444. The molecule has 0 radical (unpaired) electrons. The number of amides is 1. The summed E-state index contributed by atoms with van der Waals surface area (Å²) in [7, 11) is 0. The molecule has 25 heavy (non-hydrogen) atoms. The summed E-state index contributed by atoms with van der Waals surface area (Å²) in [6.07, 6.45) is 4.41. The maximum atomic E-state index is 12.4. The fourth-order valence-electron chi connectivity index (χ4n) is 3.61. The summed E-state index contributed by atoms with van der Waals surface area (Å²) in [6.45, 7) is 1.53. The maximum absolute atomic E-state index is 12.4. The van der Waals surface area contributed by atoms with E-state index in [-0.39, 0.29) is 12.1 Å². The van der Waals surface area contributed by atoms with Crippen molar-refractivity contribution in [2.24, 2.45) is 5.92 Å². The van der Waals surface area contributed by atoms with Crippen molar-refractivity contribution in [3.05, 3.63) is 40.8 Å². The normalized spacial score (nSPS) is 23.3. The van der Waals surface area contributed by atoms with Crippen molar-refractivity contribution in [3.63, 3.8) is 0 Å². The number of carboxylic acid groups (broad SMARTS) is 1. The van der Waals surface area contributed by atoms with Crippen molar-refractivity contribution >= 4 is 22.6 Å². The third-order valence-electron chi connectivity index (χ3n) is 4.99. The largest absolute Gasteiger partial charge is 0.481 e. The molecule has 7 heteroatoms. The zero-order chi connectivity index (χ0) is 18.0. The molecule has 132 valence electrons. The molecule has 3 rings (SSSR count). The van der Waals surface area contributed by atoms with Crippen LogP contribution in [0.3, 0.4) is 0 Å². The number of hydrogen-bond donors (Lipinski definition) is 2. The van der Waals surface area contributed by atoms with Crippen LogP contribution in [0.5, 0.6) is 0 Å². The van der Waals surface area contributed by atoms with Gasteiger partial charge >= 0.3 is 5.97 Å². The molecular weight excluding hydrogens is 322 g/mol. The van der Waals surface area contributed by atoms with E-state index in [0.717, 1.165) is 17.5 Å².